The number of ether oxygens (including phenoxy) is 1. The van der Waals surface area contributed by atoms with Gasteiger partial charge in [0.1, 0.15) is 5.75 Å². The number of hydrogen-bond donors (Lipinski definition) is 0. The van der Waals surface area contributed by atoms with Crippen LogP contribution >= 0.6 is 15.9 Å². The molecule has 4 rings (SSSR count). The van der Waals surface area contributed by atoms with Crippen LogP contribution in [-0.4, -0.2) is 12.8 Å². The molecule has 0 saturated heterocycles. The van der Waals surface area contributed by atoms with Gasteiger partial charge in [-0.3, -0.25) is 5.01 Å². The molecule has 0 fully saturated rings. The number of anilines is 1. The van der Waals surface area contributed by atoms with Gasteiger partial charge in [0.15, 0.2) is 0 Å². The van der Waals surface area contributed by atoms with Crippen molar-refractivity contribution in [1.82, 2.24) is 0 Å². The molecular formula is C22H19BrN2O. The first kappa shape index (κ1) is 16.9. The van der Waals surface area contributed by atoms with Gasteiger partial charge >= 0.3 is 0 Å². The van der Waals surface area contributed by atoms with E-state index in [0.29, 0.717) is 0 Å². The Kier molecular flexibility index (Phi) is 4.76. The molecule has 1 aliphatic heterocycles. The Morgan fingerprint density at radius 1 is 0.923 bits per heavy atom. The first-order chi connectivity index (χ1) is 12.8. The highest BCUT2D eigenvalue weighted by Gasteiger charge is 2.31. The molecule has 0 amide bonds. The molecular weight excluding hydrogens is 388 g/mol. The Morgan fingerprint density at radius 2 is 1.62 bits per heavy atom. The highest BCUT2D eigenvalue weighted by atomic mass is 79.9. The van der Waals surface area contributed by atoms with Crippen LogP contribution in [0.1, 0.15) is 23.6 Å². The van der Waals surface area contributed by atoms with Crippen LogP contribution in [0.3, 0.4) is 0 Å². The lowest BCUT2D eigenvalue weighted by Gasteiger charge is -2.25. The van der Waals surface area contributed by atoms with Gasteiger partial charge in [-0.25, -0.2) is 0 Å². The second-order valence-electron chi connectivity index (χ2n) is 6.20. The van der Waals surface area contributed by atoms with Crippen molar-refractivity contribution in [2.24, 2.45) is 5.10 Å². The average molecular weight is 407 g/mol. The van der Waals surface area contributed by atoms with E-state index in [9.17, 15) is 0 Å². The van der Waals surface area contributed by atoms with Crippen molar-refractivity contribution in [3.63, 3.8) is 0 Å². The summed E-state index contributed by atoms with van der Waals surface area (Å²) in [7, 11) is 1.72. The lowest BCUT2D eigenvalue weighted by Crippen LogP contribution is -2.19. The molecule has 0 saturated carbocycles. The van der Waals surface area contributed by atoms with Crippen LogP contribution in [0.5, 0.6) is 5.75 Å². The number of methoxy groups -OCH3 is 1. The molecule has 1 heterocycles. The van der Waals surface area contributed by atoms with Crippen molar-refractivity contribution >= 4 is 27.3 Å². The molecule has 0 radical (unpaired) electrons. The summed E-state index contributed by atoms with van der Waals surface area (Å²) in [6.07, 6.45) is 0.834. The fraction of sp³-hybridized carbons (Fsp3) is 0.136. The van der Waals surface area contributed by atoms with E-state index in [1.54, 1.807) is 7.11 Å². The number of para-hydroxylation sites is 1. The van der Waals surface area contributed by atoms with E-state index in [-0.39, 0.29) is 6.04 Å². The molecule has 130 valence electrons. The summed E-state index contributed by atoms with van der Waals surface area (Å²) in [5.74, 6) is 0.893. The number of rotatable bonds is 4. The van der Waals surface area contributed by atoms with Crippen molar-refractivity contribution < 1.29 is 4.74 Å². The fourth-order valence-electron chi connectivity index (χ4n) is 3.33. The van der Waals surface area contributed by atoms with E-state index in [1.807, 2.05) is 30.3 Å². The van der Waals surface area contributed by atoms with Gasteiger partial charge in [0.05, 0.1) is 24.6 Å². The summed E-state index contributed by atoms with van der Waals surface area (Å²) in [6.45, 7) is 0. The van der Waals surface area contributed by atoms with Crippen molar-refractivity contribution in [2.45, 2.75) is 12.5 Å². The largest absolute Gasteiger partial charge is 0.496 e. The normalized spacial score (nSPS) is 16.5. The minimum Gasteiger partial charge on any atom is -0.496 e. The Morgan fingerprint density at radius 3 is 2.35 bits per heavy atom. The van der Waals surface area contributed by atoms with E-state index < -0.39 is 0 Å². The summed E-state index contributed by atoms with van der Waals surface area (Å²) in [6, 6.07) is 26.9. The third-order valence-corrected chi connectivity index (χ3v) is 5.14. The van der Waals surface area contributed by atoms with Crippen LogP contribution in [-0.2, 0) is 0 Å². The lowest BCUT2D eigenvalue weighted by atomic mass is 9.97. The number of hydrogen-bond acceptors (Lipinski definition) is 3. The summed E-state index contributed by atoms with van der Waals surface area (Å²) < 4.78 is 6.67. The Hall–Kier alpha value is -2.59. The molecule has 3 aromatic carbocycles. The van der Waals surface area contributed by atoms with Gasteiger partial charge in [0.2, 0.25) is 0 Å². The van der Waals surface area contributed by atoms with Gasteiger partial charge in [-0.05, 0) is 35.9 Å². The van der Waals surface area contributed by atoms with Crippen LogP contribution in [0.2, 0.25) is 0 Å². The molecule has 0 bridgehead atoms. The van der Waals surface area contributed by atoms with Crippen molar-refractivity contribution in [1.29, 1.82) is 0 Å². The topological polar surface area (TPSA) is 24.8 Å². The SMILES string of the molecule is COc1ccccc1[C@H]1CC(c2ccccc2)=NN1c1ccc(Br)cc1. The zero-order valence-electron chi connectivity index (χ0n) is 14.5. The van der Waals surface area contributed by atoms with E-state index in [4.69, 9.17) is 9.84 Å². The van der Waals surface area contributed by atoms with Gasteiger partial charge < -0.3 is 4.74 Å². The third kappa shape index (κ3) is 3.25. The van der Waals surface area contributed by atoms with E-state index in [2.05, 4.69) is 69.5 Å². The van der Waals surface area contributed by atoms with Crippen molar-refractivity contribution in [2.75, 3.05) is 12.1 Å². The maximum atomic E-state index is 5.62. The van der Waals surface area contributed by atoms with Crippen LogP contribution in [0.25, 0.3) is 0 Å². The molecule has 0 unspecified atom stereocenters. The number of nitrogens with zero attached hydrogens (tertiary/aromatic N) is 2. The fourth-order valence-corrected chi connectivity index (χ4v) is 3.60. The predicted octanol–water partition coefficient (Wildman–Crippen LogP) is 5.81. The predicted molar refractivity (Wildman–Crippen MR) is 110 cm³/mol. The summed E-state index contributed by atoms with van der Waals surface area (Å²) in [5.41, 5.74) is 4.46. The second-order valence-corrected chi connectivity index (χ2v) is 7.11. The molecule has 0 spiro atoms. The van der Waals surface area contributed by atoms with Crippen LogP contribution in [0.4, 0.5) is 5.69 Å². The standard InChI is InChI=1S/C22H19BrN2O/c1-26-22-10-6-5-9-19(22)21-15-20(16-7-3-2-4-8-16)24-25(21)18-13-11-17(23)12-14-18/h2-14,21H,15H2,1H3/t21-/m1/s1. The molecule has 3 aromatic rings. The second kappa shape index (κ2) is 7.34. The number of hydrazone groups is 1. The average Bonchev–Trinajstić information content (AvgIpc) is 3.14. The highest BCUT2D eigenvalue weighted by Crippen LogP contribution is 2.40. The van der Waals surface area contributed by atoms with Gasteiger partial charge in [0, 0.05) is 16.5 Å². The first-order valence-corrected chi connectivity index (χ1v) is 9.36. The Labute approximate surface area is 162 Å². The Bertz CT molecular complexity index is 922. The molecule has 0 aliphatic carbocycles. The number of benzene rings is 3. The van der Waals surface area contributed by atoms with Gasteiger partial charge in [-0.1, -0.05) is 64.5 Å². The monoisotopic (exact) mass is 406 g/mol. The third-order valence-electron chi connectivity index (χ3n) is 4.61. The quantitative estimate of drug-likeness (QED) is 0.545. The van der Waals surface area contributed by atoms with Gasteiger partial charge in [0.25, 0.3) is 0 Å². The highest BCUT2D eigenvalue weighted by molar-refractivity contribution is 9.10. The molecule has 0 aromatic heterocycles. The molecule has 1 atom stereocenters. The van der Waals surface area contributed by atoms with Crippen LogP contribution in [0, 0.1) is 0 Å². The molecule has 26 heavy (non-hydrogen) atoms. The molecule has 0 N–H and O–H groups in total. The van der Waals surface area contributed by atoms with Gasteiger partial charge in [-0.15, -0.1) is 0 Å². The van der Waals surface area contributed by atoms with Crippen molar-refractivity contribution in [3.8, 4) is 5.75 Å². The number of halogens is 1. The lowest BCUT2D eigenvalue weighted by molar-refractivity contribution is 0.405. The summed E-state index contributed by atoms with van der Waals surface area (Å²) in [4.78, 5) is 0. The minimum absolute atomic E-state index is 0.0996. The van der Waals surface area contributed by atoms with E-state index in [1.165, 1.54) is 0 Å². The molecule has 1 aliphatic rings. The smallest absolute Gasteiger partial charge is 0.124 e. The molecule has 4 heteroatoms. The zero-order valence-corrected chi connectivity index (χ0v) is 16.1. The van der Waals surface area contributed by atoms with Gasteiger partial charge in [-0.2, -0.15) is 5.10 Å². The maximum absolute atomic E-state index is 5.62. The van der Waals surface area contributed by atoms with E-state index >= 15 is 0 Å². The van der Waals surface area contributed by atoms with Crippen LogP contribution in [0.15, 0.2) is 88.4 Å². The zero-order chi connectivity index (χ0) is 17.9. The van der Waals surface area contributed by atoms with E-state index in [0.717, 1.165) is 39.2 Å². The minimum atomic E-state index is 0.0996. The van der Waals surface area contributed by atoms with Crippen LogP contribution < -0.4 is 9.75 Å². The van der Waals surface area contributed by atoms with Crippen molar-refractivity contribution in [3.05, 3.63) is 94.5 Å². The summed E-state index contributed by atoms with van der Waals surface area (Å²) in [5, 5.41) is 7.07. The first-order valence-electron chi connectivity index (χ1n) is 8.57. The Balaban J connectivity index is 1.78. The summed E-state index contributed by atoms with van der Waals surface area (Å²) >= 11 is 3.51. The molecule has 3 nitrogen and oxygen atoms in total. The maximum Gasteiger partial charge on any atom is 0.124 e.